The first-order chi connectivity index (χ1) is 12.1. The van der Waals surface area contributed by atoms with Gasteiger partial charge in [0, 0.05) is 29.2 Å². The molecule has 0 atom stereocenters. The van der Waals surface area contributed by atoms with Crippen LogP contribution in [0.3, 0.4) is 0 Å². The van der Waals surface area contributed by atoms with Gasteiger partial charge in [0.05, 0.1) is 5.56 Å². The van der Waals surface area contributed by atoms with Crippen LogP contribution in [0.1, 0.15) is 35.2 Å². The monoisotopic (exact) mass is 354 g/mol. The lowest BCUT2D eigenvalue weighted by molar-refractivity contribution is -0.119. The van der Waals surface area contributed by atoms with Crippen LogP contribution in [0.2, 0.25) is 0 Å². The second-order valence-electron chi connectivity index (χ2n) is 6.16. The first-order valence-corrected chi connectivity index (χ1v) is 9.68. The minimum Gasteiger partial charge on any atom is -0.322 e. The Balaban J connectivity index is 1.85. The molecule has 0 bridgehead atoms. The second-order valence-corrected chi connectivity index (χ2v) is 7.01. The number of piperidine rings is 1. The molecule has 5 heteroatoms. The molecule has 25 heavy (non-hydrogen) atoms. The van der Waals surface area contributed by atoms with Gasteiger partial charge in [-0.3, -0.25) is 9.59 Å². The summed E-state index contributed by atoms with van der Waals surface area (Å²) in [4.78, 5) is 27.6. The highest BCUT2D eigenvalue weighted by Crippen LogP contribution is 2.28. The molecule has 1 N–H and O–H groups in total. The van der Waals surface area contributed by atoms with Gasteiger partial charge in [0.2, 0.25) is 5.91 Å². The molecule has 0 spiro atoms. The smallest absolute Gasteiger partial charge is 0.256 e. The molecule has 0 saturated carbocycles. The number of anilines is 2. The van der Waals surface area contributed by atoms with E-state index in [4.69, 9.17) is 0 Å². The van der Waals surface area contributed by atoms with Crippen LogP contribution in [-0.4, -0.2) is 24.6 Å². The summed E-state index contributed by atoms with van der Waals surface area (Å²) in [6.45, 7) is 2.73. The van der Waals surface area contributed by atoms with Crippen molar-refractivity contribution >= 4 is 35.0 Å². The average molecular weight is 354 g/mol. The number of carbonyl (C=O) groups is 2. The molecule has 0 aliphatic carbocycles. The van der Waals surface area contributed by atoms with Crippen LogP contribution < -0.4 is 10.2 Å². The summed E-state index contributed by atoms with van der Waals surface area (Å²) in [5, 5.41) is 2.96. The number of aryl methyl sites for hydroxylation is 1. The van der Waals surface area contributed by atoms with Crippen molar-refractivity contribution in [3.63, 3.8) is 0 Å². The summed E-state index contributed by atoms with van der Waals surface area (Å²) in [5.74, 6) is 0.0234. The van der Waals surface area contributed by atoms with Crippen molar-refractivity contribution in [2.45, 2.75) is 31.1 Å². The maximum absolute atomic E-state index is 12.6. The minimum absolute atomic E-state index is 0.135. The Kier molecular flexibility index (Phi) is 5.43. The summed E-state index contributed by atoms with van der Waals surface area (Å²) in [7, 11) is 0. The molecule has 1 fully saturated rings. The van der Waals surface area contributed by atoms with Gasteiger partial charge in [-0.2, -0.15) is 0 Å². The lowest BCUT2D eigenvalue weighted by atomic mass is 10.1. The van der Waals surface area contributed by atoms with E-state index in [-0.39, 0.29) is 11.8 Å². The highest BCUT2D eigenvalue weighted by Gasteiger charge is 2.21. The molecule has 130 valence electrons. The molecule has 1 aliphatic rings. The summed E-state index contributed by atoms with van der Waals surface area (Å²) >= 11 is 1.55. The van der Waals surface area contributed by atoms with Crippen molar-refractivity contribution in [1.29, 1.82) is 0 Å². The Morgan fingerprint density at radius 1 is 1.16 bits per heavy atom. The number of thioether (sulfide) groups is 1. The molecule has 2 aromatic carbocycles. The van der Waals surface area contributed by atoms with E-state index in [1.165, 1.54) is 0 Å². The summed E-state index contributed by atoms with van der Waals surface area (Å²) in [6, 6.07) is 13.3. The maximum atomic E-state index is 12.6. The van der Waals surface area contributed by atoms with Crippen LogP contribution in [0, 0.1) is 6.92 Å². The van der Waals surface area contributed by atoms with E-state index in [1.807, 2.05) is 60.5 Å². The summed E-state index contributed by atoms with van der Waals surface area (Å²) in [5.41, 5.74) is 3.30. The molecule has 0 aromatic heterocycles. The fourth-order valence-electron chi connectivity index (χ4n) is 3.07. The predicted molar refractivity (Wildman–Crippen MR) is 104 cm³/mol. The lowest BCUT2D eigenvalue weighted by Crippen LogP contribution is -2.35. The molecule has 3 rings (SSSR count). The Bertz CT molecular complexity index is 804. The number of carbonyl (C=O) groups excluding carboxylic acids is 2. The van der Waals surface area contributed by atoms with Crippen molar-refractivity contribution in [2.75, 3.05) is 23.0 Å². The Hall–Kier alpha value is -2.27. The first kappa shape index (κ1) is 17.5. The maximum Gasteiger partial charge on any atom is 0.256 e. The van der Waals surface area contributed by atoms with Crippen molar-refractivity contribution in [1.82, 2.24) is 0 Å². The molecular weight excluding hydrogens is 332 g/mol. The molecule has 2 amide bonds. The van der Waals surface area contributed by atoms with Crippen molar-refractivity contribution < 1.29 is 9.59 Å². The van der Waals surface area contributed by atoms with E-state index >= 15 is 0 Å². The van der Waals surface area contributed by atoms with Gasteiger partial charge in [-0.15, -0.1) is 11.8 Å². The quantitative estimate of drug-likeness (QED) is 0.823. The van der Waals surface area contributed by atoms with Gasteiger partial charge < -0.3 is 10.2 Å². The third-order valence-electron chi connectivity index (χ3n) is 4.43. The standard InChI is InChI=1S/C20H22N2O2S/c1-14-10-11-15(13-17(14)22-12-6-5-9-19(22)23)21-20(24)16-7-3-4-8-18(16)25-2/h3-4,7-8,10-11,13H,5-6,9,12H2,1-2H3,(H,21,24). The topological polar surface area (TPSA) is 49.4 Å². The molecule has 1 heterocycles. The molecule has 1 aliphatic heterocycles. The van der Waals surface area contributed by atoms with E-state index < -0.39 is 0 Å². The van der Waals surface area contributed by atoms with E-state index in [9.17, 15) is 9.59 Å². The van der Waals surface area contributed by atoms with Gasteiger partial charge in [0.1, 0.15) is 0 Å². The van der Waals surface area contributed by atoms with Gasteiger partial charge in [-0.25, -0.2) is 0 Å². The number of benzene rings is 2. The lowest BCUT2D eigenvalue weighted by Gasteiger charge is -2.28. The summed E-state index contributed by atoms with van der Waals surface area (Å²) in [6.07, 6.45) is 4.52. The Morgan fingerprint density at radius 2 is 1.96 bits per heavy atom. The third-order valence-corrected chi connectivity index (χ3v) is 5.23. The molecule has 4 nitrogen and oxygen atoms in total. The number of hydrogen-bond acceptors (Lipinski definition) is 3. The van der Waals surface area contributed by atoms with E-state index in [1.54, 1.807) is 11.8 Å². The zero-order valence-corrected chi connectivity index (χ0v) is 15.4. The number of nitrogens with one attached hydrogen (secondary N) is 1. The normalized spacial score (nSPS) is 14.5. The van der Waals surface area contributed by atoms with Crippen LogP contribution in [0.15, 0.2) is 47.4 Å². The fraction of sp³-hybridized carbons (Fsp3) is 0.300. The molecule has 0 radical (unpaired) electrons. The zero-order chi connectivity index (χ0) is 17.8. The predicted octanol–water partition coefficient (Wildman–Crippen LogP) is 4.49. The van der Waals surface area contributed by atoms with Crippen LogP contribution >= 0.6 is 11.8 Å². The van der Waals surface area contributed by atoms with E-state index in [2.05, 4.69) is 5.32 Å². The third kappa shape index (κ3) is 3.87. The first-order valence-electron chi connectivity index (χ1n) is 8.45. The highest BCUT2D eigenvalue weighted by molar-refractivity contribution is 7.98. The molecular formula is C20H22N2O2S. The van der Waals surface area contributed by atoms with E-state index in [0.717, 1.165) is 35.5 Å². The van der Waals surface area contributed by atoms with Gasteiger partial charge >= 0.3 is 0 Å². The van der Waals surface area contributed by atoms with Crippen molar-refractivity contribution in [2.24, 2.45) is 0 Å². The average Bonchev–Trinajstić information content (AvgIpc) is 2.64. The van der Waals surface area contributed by atoms with Crippen molar-refractivity contribution in [3.8, 4) is 0 Å². The Labute approximate surface area is 152 Å². The molecule has 0 unspecified atom stereocenters. The van der Waals surface area contributed by atoms with E-state index in [0.29, 0.717) is 17.7 Å². The number of hydrogen-bond donors (Lipinski definition) is 1. The Morgan fingerprint density at radius 3 is 2.72 bits per heavy atom. The van der Waals surface area contributed by atoms with Crippen LogP contribution in [0.5, 0.6) is 0 Å². The van der Waals surface area contributed by atoms with Gasteiger partial charge in [-0.05, 0) is 55.9 Å². The van der Waals surface area contributed by atoms with Crippen LogP contribution in [0.25, 0.3) is 0 Å². The molecule has 1 saturated heterocycles. The minimum atomic E-state index is -0.135. The number of nitrogens with zero attached hydrogens (tertiary/aromatic N) is 1. The van der Waals surface area contributed by atoms with Gasteiger partial charge in [0.15, 0.2) is 0 Å². The SMILES string of the molecule is CSc1ccccc1C(=O)Nc1ccc(C)c(N2CCCCC2=O)c1. The van der Waals surface area contributed by atoms with Crippen LogP contribution in [0.4, 0.5) is 11.4 Å². The van der Waals surface area contributed by atoms with Crippen molar-refractivity contribution in [3.05, 3.63) is 53.6 Å². The highest BCUT2D eigenvalue weighted by atomic mass is 32.2. The number of amides is 2. The van der Waals surface area contributed by atoms with Gasteiger partial charge in [0.25, 0.3) is 5.91 Å². The summed E-state index contributed by atoms with van der Waals surface area (Å²) < 4.78 is 0. The largest absolute Gasteiger partial charge is 0.322 e. The zero-order valence-electron chi connectivity index (χ0n) is 14.5. The number of rotatable bonds is 4. The van der Waals surface area contributed by atoms with Gasteiger partial charge in [-0.1, -0.05) is 18.2 Å². The fourth-order valence-corrected chi connectivity index (χ4v) is 3.66. The second kappa shape index (κ2) is 7.74. The van der Waals surface area contributed by atoms with Crippen LogP contribution in [-0.2, 0) is 4.79 Å². The molecule has 2 aromatic rings.